The molecule has 1 N–H and O–H groups in total. The second kappa shape index (κ2) is 6.90. The number of ether oxygens (including phenoxy) is 1. The summed E-state index contributed by atoms with van der Waals surface area (Å²) in [4.78, 5) is 31.0. The van der Waals surface area contributed by atoms with E-state index in [0.29, 0.717) is 24.3 Å². The molecule has 1 fully saturated rings. The number of methoxy groups -OCH3 is 1. The minimum absolute atomic E-state index is 0.116. The van der Waals surface area contributed by atoms with Crippen LogP contribution in [0.1, 0.15) is 29.3 Å². The van der Waals surface area contributed by atoms with Crippen molar-refractivity contribution in [3.05, 3.63) is 63.7 Å². The minimum atomic E-state index is -0.116. The summed E-state index contributed by atoms with van der Waals surface area (Å²) in [6, 6.07) is 11.0. The molecular formula is C20H22N4O3. The van der Waals surface area contributed by atoms with Gasteiger partial charge in [0.1, 0.15) is 5.75 Å². The molecule has 1 aromatic carbocycles. The number of aromatic nitrogens is 3. The Morgan fingerprint density at radius 1 is 1.30 bits per heavy atom. The van der Waals surface area contributed by atoms with Gasteiger partial charge in [-0.2, -0.15) is 0 Å². The van der Waals surface area contributed by atoms with Gasteiger partial charge in [-0.3, -0.25) is 14.7 Å². The third-order valence-electron chi connectivity index (χ3n) is 5.09. The van der Waals surface area contributed by atoms with Crippen LogP contribution >= 0.6 is 0 Å². The van der Waals surface area contributed by atoms with E-state index >= 15 is 0 Å². The number of hydrogen-bond donors (Lipinski definition) is 1. The third kappa shape index (κ3) is 3.45. The average Bonchev–Trinajstić information content (AvgIpc) is 3.29. The first-order chi connectivity index (χ1) is 13.0. The number of carbonyl (C=O) groups excluding carboxylic acids is 1. The fraction of sp³-hybridized carbons (Fsp3) is 0.350. The van der Waals surface area contributed by atoms with E-state index in [-0.39, 0.29) is 17.4 Å². The zero-order chi connectivity index (χ0) is 19.0. The molecule has 0 radical (unpaired) electrons. The van der Waals surface area contributed by atoms with Crippen LogP contribution in [0.3, 0.4) is 0 Å². The molecule has 140 valence electrons. The zero-order valence-corrected chi connectivity index (χ0v) is 15.4. The maximum absolute atomic E-state index is 12.6. The highest BCUT2D eigenvalue weighted by molar-refractivity contribution is 5.79. The van der Waals surface area contributed by atoms with Crippen molar-refractivity contribution in [3.8, 4) is 5.75 Å². The molecule has 4 rings (SSSR count). The van der Waals surface area contributed by atoms with Crippen molar-refractivity contribution in [2.24, 2.45) is 0 Å². The van der Waals surface area contributed by atoms with E-state index in [0.717, 1.165) is 30.0 Å². The molecule has 27 heavy (non-hydrogen) atoms. The number of rotatable bonds is 4. The molecular weight excluding hydrogens is 344 g/mol. The number of fused-ring (bicyclic) bond motifs is 1. The summed E-state index contributed by atoms with van der Waals surface area (Å²) >= 11 is 0. The molecule has 1 aliphatic heterocycles. The summed E-state index contributed by atoms with van der Waals surface area (Å²) in [5, 5.41) is 3.14. The van der Waals surface area contributed by atoms with E-state index in [2.05, 4.69) is 10.1 Å². The molecule has 0 spiro atoms. The van der Waals surface area contributed by atoms with Crippen LogP contribution in [0, 0.1) is 6.92 Å². The molecule has 0 unspecified atom stereocenters. The lowest BCUT2D eigenvalue weighted by atomic mass is 10.1. The van der Waals surface area contributed by atoms with E-state index in [1.807, 2.05) is 42.2 Å². The summed E-state index contributed by atoms with van der Waals surface area (Å²) < 4.78 is 6.61. The Balaban J connectivity index is 1.45. The molecule has 1 atom stereocenters. The van der Waals surface area contributed by atoms with Crippen molar-refractivity contribution in [1.29, 1.82) is 0 Å². The van der Waals surface area contributed by atoms with Crippen molar-refractivity contribution in [1.82, 2.24) is 19.5 Å². The maximum atomic E-state index is 12.6. The Morgan fingerprint density at radius 2 is 2.07 bits per heavy atom. The first-order valence-corrected chi connectivity index (χ1v) is 9.03. The van der Waals surface area contributed by atoms with Crippen molar-refractivity contribution < 1.29 is 9.53 Å². The van der Waals surface area contributed by atoms with Gasteiger partial charge in [0, 0.05) is 42.5 Å². The fourth-order valence-electron chi connectivity index (χ4n) is 3.61. The largest absolute Gasteiger partial charge is 0.497 e. The highest BCUT2D eigenvalue weighted by Crippen LogP contribution is 2.27. The molecule has 7 nitrogen and oxygen atoms in total. The molecule has 2 aromatic heterocycles. The Hall–Kier alpha value is -3.09. The van der Waals surface area contributed by atoms with E-state index in [4.69, 9.17) is 4.74 Å². The van der Waals surface area contributed by atoms with Crippen LogP contribution in [0.25, 0.3) is 5.65 Å². The lowest BCUT2D eigenvalue weighted by Crippen LogP contribution is -2.29. The zero-order valence-electron chi connectivity index (χ0n) is 15.4. The van der Waals surface area contributed by atoms with Crippen LogP contribution in [-0.2, 0) is 11.2 Å². The van der Waals surface area contributed by atoms with E-state index in [9.17, 15) is 9.59 Å². The van der Waals surface area contributed by atoms with Crippen LogP contribution in [0.2, 0.25) is 0 Å². The number of hydrogen-bond acceptors (Lipinski definition) is 4. The monoisotopic (exact) mass is 366 g/mol. The standard InChI is InChI=1S/C20H22N4O3/c1-13-9-20(26)24-18(21-13)11-17(22-24)15-7-8-23(12-15)19(25)10-14-3-5-16(27-2)6-4-14/h3-6,9,11,15,22H,7-8,10,12H2,1-2H3/t15-/m1/s1. The molecule has 0 bridgehead atoms. The van der Waals surface area contributed by atoms with Gasteiger partial charge in [-0.15, -0.1) is 0 Å². The van der Waals surface area contributed by atoms with Gasteiger partial charge in [0.25, 0.3) is 5.56 Å². The van der Waals surface area contributed by atoms with Gasteiger partial charge in [0.05, 0.1) is 13.5 Å². The van der Waals surface area contributed by atoms with Gasteiger partial charge in [-0.05, 0) is 31.0 Å². The highest BCUT2D eigenvalue weighted by Gasteiger charge is 2.28. The Morgan fingerprint density at radius 3 is 2.81 bits per heavy atom. The number of nitrogens with zero attached hydrogens (tertiary/aromatic N) is 3. The number of likely N-dealkylation sites (tertiary alicyclic amines) is 1. The number of amides is 1. The average molecular weight is 366 g/mol. The van der Waals surface area contributed by atoms with Crippen LogP contribution in [0.15, 0.2) is 41.2 Å². The number of aryl methyl sites for hydroxylation is 1. The molecule has 1 amide bonds. The van der Waals surface area contributed by atoms with Crippen LogP contribution in [0.4, 0.5) is 0 Å². The molecule has 0 aliphatic carbocycles. The van der Waals surface area contributed by atoms with Gasteiger partial charge in [-0.1, -0.05) is 12.1 Å². The Labute approximate surface area is 156 Å². The summed E-state index contributed by atoms with van der Waals surface area (Å²) in [6.45, 7) is 3.18. The normalized spacial score (nSPS) is 16.8. The molecule has 1 aliphatic rings. The molecule has 1 saturated heterocycles. The van der Waals surface area contributed by atoms with E-state index < -0.39 is 0 Å². The summed E-state index contributed by atoms with van der Waals surface area (Å²) in [5.41, 5.74) is 3.13. The first-order valence-electron chi connectivity index (χ1n) is 9.03. The summed E-state index contributed by atoms with van der Waals surface area (Å²) in [6.07, 6.45) is 1.25. The van der Waals surface area contributed by atoms with Crippen molar-refractivity contribution in [2.75, 3.05) is 20.2 Å². The SMILES string of the molecule is COc1ccc(CC(=O)N2CC[C@@H](c3cc4nc(C)cc(=O)n4[nH]3)C2)cc1. The topological polar surface area (TPSA) is 79.7 Å². The van der Waals surface area contributed by atoms with Gasteiger partial charge in [0.15, 0.2) is 5.65 Å². The number of aromatic amines is 1. The number of carbonyl (C=O) groups is 1. The van der Waals surface area contributed by atoms with Crippen LogP contribution < -0.4 is 10.3 Å². The van der Waals surface area contributed by atoms with Gasteiger partial charge in [0.2, 0.25) is 5.91 Å². The Bertz CT molecular complexity index is 1040. The maximum Gasteiger partial charge on any atom is 0.272 e. The summed E-state index contributed by atoms with van der Waals surface area (Å²) in [5.74, 6) is 1.08. The van der Waals surface area contributed by atoms with Crippen molar-refractivity contribution in [2.45, 2.75) is 25.7 Å². The van der Waals surface area contributed by atoms with Gasteiger partial charge >= 0.3 is 0 Å². The van der Waals surface area contributed by atoms with Crippen LogP contribution in [0.5, 0.6) is 5.75 Å². The number of benzene rings is 1. The smallest absolute Gasteiger partial charge is 0.272 e. The predicted molar refractivity (Wildman–Crippen MR) is 101 cm³/mol. The highest BCUT2D eigenvalue weighted by atomic mass is 16.5. The lowest BCUT2D eigenvalue weighted by Gasteiger charge is -2.16. The third-order valence-corrected chi connectivity index (χ3v) is 5.09. The van der Waals surface area contributed by atoms with E-state index in [1.165, 1.54) is 10.6 Å². The van der Waals surface area contributed by atoms with Crippen molar-refractivity contribution >= 4 is 11.6 Å². The predicted octanol–water partition coefficient (Wildman–Crippen LogP) is 1.90. The lowest BCUT2D eigenvalue weighted by molar-refractivity contribution is -0.129. The quantitative estimate of drug-likeness (QED) is 0.765. The molecule has 3 heterocycles. The first kappa shape index (κ1) is 17.3. The number of nitrogens with one attached hydrogen (secondary N) is 1. The second-order valence-corrected chi connectivity index (χ2v) is 6.99. The minimum Gasteiger partial charge on any atom is -0.497 e. The molecule has 7 heteroatoms. The second-order valence-electron chi connectivity index (χ2n) is 6.99. The van der Waals surface area contributed by atoms with Crippen LogP contribution in [-0.4, -0.2) is 45.6 Å². The summed E-state index contributed by atoms with van der Waals surface area (Å²) in [7, 11) is 1.62. The van der Waals surface area contributed by atoms with E-state index in [1.54, 1.807) is 7.11 Å². The number of H-pyrrole nitrogens is 1. The molecule has 3 aromatic rings. The fourth-order valence-corrected chi connectivity index (χ4v) is 3.61. The van der Waals surface area contributed by atoms with Crippen molar-refractivity contribution in [3.63, 3.8) is 0 Å². The van der Waals surface area contributed by atoms with Gasteiger partial charge in [-0.25, -0.2) is 9.50 Å². The van der Waals surface area contributed by atoms with Gasteiger partial charge < -0.3 is 9.64 Å². The Kier molecular flexibility index (Phi) is 4.43. The molecule has 0 saturated carbocycles.